The second-order valence-corrected chi connectivity index (χ2v) is 6.15. The van der Waals surface area contributed by atoms with Crippen LogP contribution in [0, 0.1) is 0 Å². The summed E-state index contributed by atoms with van der Waals surface area (Å²) in [6.45, 7) is 0.973. The molecule has 1 unspecified atom stereocenters. The molecule has 7 nitrogen and oxygen atoms in total. The highest BCUT2D eigenvalue weighted by atomic mass is 19.3. The van der Waals surface area contributed by atoms with Crippen LogP contribution in [0.25, 0.3) is 0 Å². The van der Waals surface area contributed by atoms with Crippen LogP contribution in [0.3, 0.4) is 0 Å². The number of hydrogen-bond donors (Lipinski definition) is 0. The van der Waals surface area contributed by atoms with E-state index in [-0.39, 0.29) is 56.4 Å². The molecule has 1 aromatic rings. The summed E-state index contributed by atoms with van der Waals surface area (Å²) >= 11 is 0. The highest BCUT2D eigenvalue weighted by Crippen LogP contribution is 2.28. The van der Waals surface area contributed by atoms with E-state index in [2.05, 4.69) is 4.98 Å². The van der Waals surface area contributed by atoms with Gasteiger partial charge in [0.25, 0.3) is 17.4 Å². The molecule has 132 valence electrons. The number of aromatic nitrogens is 2. The molecule has 0 spiro atoms. The number of piperidine rings is 1. The van der Waals surface area contributed by atoms with Crippen molar-refractivity contribution in [3.63, 3.8) is 0 Å². The number of carbonyl (C=O) groups excluding carboxylic acids is 1. The van der Waals surface area contributed by atoms with Crippen LogP contribution >= 0.6 is 0 Å². The van der Waals surface area contributed by atoms with Crippen LogP contribution in [0.15, 0.2) is 17.2 Å². The molecular weight excluding hydrogens is 322 g/mol. The van der Waals surface area contributed by atoms with Gasteiger partial charge in [-0.05, 0) is 0 Å². The molecule has 0 saturated carbocycles. The van der Waals surface area contributed by atoms with Crippen molar-refractivity contribution in [3.8, 4) is 0 Å². The SMILES string of the molecule is Cn1ccnc(N2CCOC(C(=O)N3CCC(F)(F)CC3)C2)c1=O. The maximum Gasteiger partial charge on any atom is 0.293 e. The molecule has 2 aliphatic heterocycles. The van der Waals surface area contributed by atoms with Gasteiger partial charge in [0.2, 0.25) is 0 Å². The summed E-state index contributed by atoms with van der Waals surface area (Å²) in [5.74, 6) is -2.73. The number of halogens is 2. The van der Waals surface area contributed by atoms with Crippen LogP contribution in [-0.4, -0.2) is 65.2 Å². The normalized spacial score (nSPS) is 24.0. The van der Waals surface area contributed by atoms with Gasteiger partial charge in [0, 0.05) is 51.9 Å². The zero-order valence-electron chi connectivity index (χ0n) is 13.5. The van der Waals surface area contributed by atoms with E-state index in [4.69, 9.17) is 4.74 Å². The second-order valence-electron chi connectivity index (χ2n) is 6.15. The third-order valence-electron chi connectivity index (χ3n) is 4.45. The van der Waals surface area contributed by atoms with Crippen molar-refractivity contribution in [2.75, 3.05) is 37.7 Å². The Balaban J connectivity index is 1.68. The Morgan fingerprint density at radius 1 is 1.33 bits per heavy atom. The van der Waals surface area contributed by atoms with E-state index in [1.165, 1.54) is 15.7 Å². The van der Waals surface area contributed by atoms with E-state index in [1.807, 2.05) is 0 Å². The minimum absolute atomic E-state index is 0.0248. The van der Waals surface area contributed by atoms with E-state index in [9.17, 15) is 18.4 Å². The van der Waals surface area contributed by atoms with E-state index in [0.29, 0.717) is 6.54 Å². The zero-order valence-corrected chi connectivity index (χ0v) is 13.5. The van der Waals surface area contributed by atoms with Gasteiger partial charge < -0.3 is 19.1 Å². The predicted octanol–water partition coefficient (Wildman–Crippen LogP) is 0.243. The van der Waals surface area contributed by atoms with Crippen LogP contribution in [-0.2, 0) is 16.6 Å². The van der Waals surface area contributed by atoms with Crippen molar-refractivity contribution in [2.24, 2.45) is 7.05 Å². The Bertz CT molecular complexity index is 669. The number of likely N-dealkylation sites (tertiary alicyclic amines) is 1. The Kier molecular flexibility index (Phi) is 4.53. The van der Waals surface area contributed by atoms with E-state index in [1.54, 1.807) is 18.1 Å². The van der Waals surface area contributed by atoms with E-state index in [0.717, 1.165) is 0 Å². The number of alkyl halides is 2. The summed E-state index contributed by atoms with van der Waals surface area (Å²) in [5.41, 5.74) is -0.247. The lowest BCUT2D eigenvalue weighted by Gasteiger charge is -2.37. The summed E-state index contributed by atoms with van der Waals surface area (Å²) in [7, 11) is 1.63. The molecule has 1 atom stereocenters. The fourth-order valence-electron chi connectivity index (χ4n) is 2.95. The van der Waals surface area contributed by atoms with Gasteiger partial charge in [0.05, 0.1) is 13.2 Å². The summed E-state index contributed by atoms with van der Waals surface area (Å²) in [6.07, 6.45) is 1.67. The second kappa shape index (κ2) is 6.46. The topological polar surface area (TPSA) is 67.7 Å². The van der Waals surface area contributed by atoms with Crippen LogP contribution in [0.1, 0.15) is 12.8 Å². The predicted molar refractivity (Wildman–Crippen MR) is 82.2 cm³/mol. The Morgan fingerprint density at radius 2 is 2.04 bits per heavy atom. The fourth-order valence-corrected chi connectivity index (χ4v) is 2.95. The lowest BCUT2D eigenvalue weighted by atomic mass is 10.1. The monoisotopic (exact) mass is 342 g/mol. The van der Waals surface area contributed by atoms with Crippen molar-refractivity contribution >= 4 is 11.7 Å². The van der Waals surface area contributed by atoms with Crippen molar-refractivity contribution in [3.05, 3.63) is 22.7 Å². The van der Waals surface area contributed by atoms with E-state index < -0.39 is 12.0 Å². The molecule has 9 heteroatoms. The number of nitrogens with zero attached hydrogens (tertiary/aromatic N) is 4. The minimum atomic E-state index is -2.70. The van der Waals surface area contributed by atoms with Crippen molar-refractivity contribution in [1.82, 2.24) is 14.5 Å². The summed E-state index contributed by atoms with van der Waals surface area (Å²) in [4.78, 5) is 31.9. The van der Waals surface area contributed by atoms with Gasteiger partial charge in [0.1, 0.15) is 0 Å². The number of aryl methyl sites for hydroxylation is 1. The van der Waals surface area contributed by atoms with Crippen LogP contribution in [0.5, 0.6) is 0 Å². The number of amides is 1. The Labute approximate surface area is 137 Å². The quantitative estimate of drug-likeness (QED) is 0.770. The maximum absolute atomic E-state index is 13.2. The van der Waals surface area contributed by atoms with Crippen molar-refractivity contribution in [2.45, 2.75) is 24.9 Å². The average Bonchev–Trinajstić information content (AvgIpc) is 2.57. The molecule has 0 aliphatic carbocycles. The molecule has 1 aromatic heterocycles. The molecule has 0 bridgehead atoms. The van der Waals surface area contributed by atoms with Gasteiger partial charge in [-0.3, -0.25) is 9.59 Å². The first-order valence-corrected chi connectivity index (χ1v) is 7.92. The van der Waals surface area contributed by atoms with Crippen LogP contribution in [0.4, 0.5) is 14.6 Å². The third kappa shape index (κ3) is 3.40. The standard InChI is InChI=1S/C15H20F2N4O3/c1-19-7-4-18-12(14(19)23)21-8-9-24-11(10-21)13(22)20-5-2-15(16,17)3-6-20/h4,7,11H,2-3,5-6,8-10H2,1H3. The number of morpholine rings is 1. The lowest BCUT2D eigenvalue weighted by molar-refractivity contribution is -0.150. The third-order valence-corrected chi connectivity index (χ3v) is 4.45. The van der Waals surface area contributed by atoms with Gasteiger partial charge in [-0.25, -0.2) is 13.8 Å². The molecule has 3 rings (SSSR count). The van der Waals surface area contributed by atoms with Crippen molar-refractivity contribution in [1.29, 1.82) is 0 Å². The number of anilines is 1. The number of ether oxygens (including phenoxy) is 1. The van der Waals surface area contributed by atoms with E-state index >= 15 is 0 Å². The maximum atomic E-state index is 13.2. The molecule has 0 radical (unpaired) electrons. The van der Waals surface area contributed by atoms with Gasteiger partial charge in [-0.2, -0.15) is 0 Å². The fraction of sp³-hybridized carbons (Fsp3) is 0.667. The lowest BCUT2D eigenvalue weighted by Crippen LogP contribution is -2.54. The van der Waals surface area contributed by atoms with Gasteiger partial charge in [-0.1, -0.05) is 0 Å². The molecule has 2 fully saturated rings. The average molecular weight is 342 g/mol. The molecule has 0 N–H and O–H groups in total. The summed E-state index contributed by atoms with van der Waals surface area (Å²) < 4.78 is 33.4. The smallest absolute Gasteiger partial charge is 0.293 e. The number of carbonyl (C=O) groups is 1. The molecule has 1 amide bonds. The Hall–Kier alpha value is -2.03. The van der Waals surface area contributed by atoms with Crippen LogP contribution in [0.2, 0.25) is 0 Å². The molecule has 24 heavy (non-hydrogen) atoms. The first-order valence-electron chi connectivity index (χ1n) is 7.92. The molecule has 3 heterocycles. The zero-order chi connectivity index (χ0) is 17.3. The van der Waals surface area contributed by atoms with Gasteiger partial charge in [-0.15, -0.1) is 0 Å². The molecule has 0 aromatic carbocycles. The largest absolute Gasteiger partial charge is 0.365 e. The summed E-state index contributed by atoms with van der Waals surface area (Å²) in [5, 5.41) is 0. The van der Waals surface area contributed by atoms with Gasteiger partial charge in [0.15, 0.2) is 11.9 Å². The first-order chi connectivity index (χ1) is 11.4. The summed E-state index contributed by atoms with van der Waals surface area (Å²) in [6, 6.07) is 0. The molecule has 2 saturated heterocycles. The Morgan fingerprint density at radius 3 is 2.75 bits per heavy atom. The number of rotatable bonds is 2. The molecular formula is C15H20F2N4O3. The number of hydrogen-bond acceptors (Lipinski definition) is 5. The highest BCUT2D eigenvalue weighted by molar-refractivity contribution is 5.82. The van der Waals surface area contributed by atoms with Gasteiger partial charge >= 0.3 is 0 Å². The van der Waals surface area contributed by atoms with Crippen LogP contribution < -0.4 is 10.5 Å². The van der Waals surface area contributed by atoms with Crippen molar-refractivity contribution < 1.29 is 18.3 Å². The highest BCUT2D eigenvalue weighted by Gasteiger charge is 2.38. The molecule has 2 aliphatic rings. The first kappa shape index (κ1) is 16.8. The minimum Gasteiger partial charge on any atom is -0.365 e.